The summed E-state index contributed by atoms with van der Waals surface area (Å²) in [5, 5.41) is 6.38. The molecule has 0 bridgehead atoms. The largest absolute Gasteiger partial charge is 0.493 e. The number of halogens is 1. The molecule has 0 N–H and O–H groups in total. The maximum Gasteiger partial charge on any atom is 0.338 e. The zero-order valence-corrected chi connectivity index (χ0v) is 20.1. The lowest BCUT2D eigenvalue weighted by atomic mass is 10.0. The first-order valence-corrected chi connectivity index (χ1v) is 11.0. The minimum Gasteiger partial charge on any atom is -0.493 e. The molecule has 2 aromatic carbocycles. The average Bonchev–Trinajstić information content (AvgIpc) is 3.57. The Kier molecular flexibility index (Phi) is 7.26. The average molecular weight is 499 g/mol. The van der Waals surface area contributed by atoms with Crippen molar-refractivity contribution in [2.45, 2.75) is 12.5 Å². The van der Waals surface area contributed by atoms with Gasteiger partial charge >= 0.3 is 5.97 Å². The summed E-state index contributed by atoms with van der Waals surface area (Å²) in [4.78, 5) is 25.8. The molecule has 2 heterocycles. The highest BCUT2D eigenvalue weighted by atomic mass is 35.5. The number of hydrogen-bond donors (Lipinski definition) is 0. The minimum atomic E-state index is -0.728. The first-order chi connectivity index (χ1) is 16.9. The van der Waals surface area contributed by atoms with Gasteiger partial charge in [0, 0.05) is 11.4 Å². The van der Waals surface area contributed by atoms with Crippen molar-refractivity contribution in [2.75, 3.05) is 27.9 Å². The third kappa shape index (κ3) is 5.09. The topological polar surface area (TPSA) is 99.8 Å². The Balaban J connectivity index is 1.52. The third-order valence-corrected chi connectivity index (χ3v) is 5.69. The first-order valence-electron chi connectivity index (χ1n) is 10.6. The number of furan rings is 1. The van der Waals surface area contributed by atoms with Gasteiger partial charge in [-0.2, -0.15) is 5.10 Å². The van der Waals surface area contributed by atoms with Crippen molar-refractivity contribution in [1.29, 1.82) is 0 Å². The third-order valence-electron chi connectivity index (χ3n) is 5.44. The molecule has 3 aromatic rings. The molecular weight excluding hydrogens is 476 g/mol. The van der Waals surface area contributed by atoms with Crippen molar-refractivity contribution in [3.05, 3.63) is 76.7 Å². The molecule has 0 saturated heterocycles. The summed E-state index contributed by atoms with van der Waals surface area (Å²) in [6, 6.07) is 13.1. The molecule has 1 aliphatic heterocycles. The molecule has 4 rings (SSSR count). The van der Waals surface area contributed by atoms with Crippen molar-refractivity contribution in [3.63, 3.8) is 0 Å². The number of methoxy groups -OCH3 is 3. The zero-order chi connectivity index (χ0) is 24.9. The summed E-state index contributed by atoms with van der Waals surface area (Å²) in [6.07, 6.45) is 1.96. The number of nitrogens with zero attached hydrogens (tertiary/aromatic N) is 2. The van der Waals surface area contributed by atoms with E-state index < -0.39 is 24.5 Å². The fourth-order valence-corrected chi connectivity index (χ4v) is 3.86. The van der Waals surface area contributed by atoms with Crippen LogP contribution in [-0.2, 0) is 9.53 Å². The summed E-state index contributed by atoms with van der Waals surface area (Å²) in [7, 11) is 4.34. The Bertz CT molecular complexity index is 1210. The van der Waals surface area contributed by atoms with Gasteiger partial charge < -0.3 is 23.4 Å². The van der Waals surface area contributed by atoms with Crippen LogP contribution in [0, 0.1) is 0 Å². The molecule has 0 radical (unpaired) electrons. The number of benzene rings is 2. The van der Waals surface area contributed by atoms with E-state index in [-0.39, 0.29) is 5.56 Å². The van der Waals surface area contributed by atoms with Crippen LogP contribution in [0.2, 0.25) is 5.02 Å². The van der Waals surface area contributed by atoms with Crippen LogP contribution in [0.25, 0.3) is 0 Å². The van der Waals surface area contributed by atoms with Gasteiger partial charge in [-0.3, -0.25) is 4.79 Å². The van der Waals surface area contributed by atoms with Crippen LogP contribution in [0.3, 0.4) is 0 Å². The van der Waals surface area contributed by atoms with Gasteiger partial charge in [0.15, 0.2) is 18.1 Å². The zero-order valence-electron chi connectivity index (χ0n) is 19.3. The second-order valence-corrected chi connectivity index (χ2v) is 7.95. The van der Waals surface area contributed by atoms with Gasteiger partial charge in [-0.1, -0.05) is 23.7 Å². The SMILES string of the molecule is COc1cc(C(=O)OCC(=O)N2N=C(c3ccc(Cl)cc3)CC2c2ccco2)cc(OC)c1OC. The van der Waals surface area contributed by atoms with E-state index in [0.29, 0.717) is 40.2 Å². The Morgan fingerprint density at radius 3 is 2.31 bits per heavy atom. The number of hydrazone groups is 1. The van der Waals surface area contributed by atoms with E-state index in [4.69, 9.17) is 35.0 Å². The van der Waals surface area contributed by atoms with E-state index in [1.54, 1.807) is 24.3 Å². The maximum absolute atomic E-state index is 13.1. The Morgan fingerprint density at radius 1 is 1.06 bits per heavy atom. The Morgan fingerprint density at radius 2 is 1.74 bits per heavy atom. The van der Waals surface area contributed by atoms with Gasteiger partial charge in [0.05, 0.1) is 38.9 Å². The Hall–Kier alpha value is -3.98. The van der Waals surface area contributed by atoms with Gasteiger partial charge in [0.1, 0.15) is 11.8 Å². The number of esters is 1. The molecular formula is C25H23ClN2O7. The molecule has 0 spiro atoms. The standard InChI is InChI=1S/C25H23ClN2O7/c1-31-21-11-16(12-22(32-2)24(21)33-3)25(30)35-14-23(29)28-19(20-5-4-10-34-20)13-18(27-28)15-6-8-17(26)9-7-15/h4-12,19H,13-14H2,1-3H3. The number of amides is 1. The summed E-state index contributed by atoms with van der Waals surface area (Å²) >= 11 is 5.99. The predicted molar refractivity (Wildman–Crippen MR) is 127 cm³/mol. The molecule has 1 aromatic heterocycles. The van der Waals surface area contributed by atoms with Crippen molar-refractivity contribution >= 4 is 29.2 Å². The molecule has 0 saturated carbocycles. The van der Waals surface area contributed by atoms with Crippen LogP contribution in [0.1, 0.15) is 34.1 Å². The molecule has 1 amide bonds. The second kappa shape index (κ2) is 10.5. The molecule has 0 fully saturated rings. The quantitative estimate of drug-likeness (QED) is 0.422. The monoisotopic (exact) mass is 498 g/mol. The van der Waals surface area contributed by atoms with E-state index in [9.17, 15) is 9.59 Å². The van der Waals surface area contributed by atoms with Gasteiger partial charge in [-0.05, 0) is 42.0 Å². The lowest BCUT2D eigenvalue weighted by Gasteiger charge is -2.19. The first kappa shape index (κ1) is 24.2. The van der Waals surface area contributed by atoms with Gasteiger partial charge in [-0.25, -0.2) is 9.80 Å². The summed E-state index contributed by atoms with van der Waals surface area (Å²) in [6.45, 7) is -0.524. The van der Waals surface area contributed by atoms with Crippen LogP contribution < -0.4 is 14.2 Å². The van der Waals surface area contributed by atoms with Crippen molar-refractivity contribution in [3.8, 4) is 17.2 Å². The number of carbonyl (C=O) groups excluding carboxylic acids is 2. The molecule has 10 heteroatoms. The Labute approximate surface area is 206 Å². The van der Waals surface area contributed by atoms with Crippen LogP contribution >= 0.6 is 11.6 Å². The molecule has 0 aliphatic carbocycles. The lowest BCUT2D eigenvalue weighted by molar-refractivity contribution is -0.136. The van der Waals surface area contributed by atoms with Gasteiger partial charge in [0.2, 0.25) is 5.75 Å². The highest BCUT2D eigenvalue weighted by molar-refractivity contribution is 6.30. The molecule has 9 nitrogen and oxygen atoms in total. The summed E-state index contributed by atoms with van der Waals surface area (Å²) < 4.78 is 26.6. The highest BCUT2D eigenvalue weighted by Gasteiger charge is 2.35. The number of carbonyl (C=O) groups is 2. The molecule has 1 unspecified atom stereocenters. The van der Waals surface area contributed by atoms with E-state index >= 15 is 0 Å². The fraction of sp³-hybridized carbons (Fsp3) is 0.240. The van der Waals surface area contributed by atoms with Crippen LogP contribution in [0.5, 0.6) is 17.2 Å². The molecule has 1 atom stereocenters. The normalized spacial score (nSPS) is 14.9. The van der Waals surface area contributed by atoms with E-state index in [2.05, 4.69) is 5.10 Å². The van der Waals surface area contributed by atoms with Gasteiger partial charge in [-0.15, -0.1) is 0 Å². The number of rotatable bonds is 8. The number of hydrogen-bond acceptors (Lipinski definition) is 8. The highest BCUT2D eigenvalue weighted by Crippen LogP contribution is 2.38. The van der Waals surface area contributed by atoms with E-state index in [1.807, 2.05) is 12.1 Å². The van der Waals surface area contributed by atoms with Crippen molar-refractivity contribution in [1.82, 2.24) is 5.01 Å². The summed E-state index contributed by atoms with van der Waals surface area (Å²) in [5.41, 5.74) is 1.66. The van der Waals surface area contributed by atoms with Crippen LogP contribution in [0.4, 0.5) is 0 Å². The smallest absolute Gasteiger partial charge is 0.338 e. The van der Waals surface area contributed by atoms with Crippen LogP contribution in [-0.4, -0.2) is 50.5 Å². The summed E-state index contributed by atoms with van der Waals surface area (Å²) in [5.74, 6) is 0.260. The van der Waals surface area contributed by atoms with Crippen molar-refractivity contribution in [2.24, 2.45) is 5.10 Å². The molecule has 35 heavy (non-hydrogen) atoms. The van der Waals surface area contributed by atoms with Gasteiger partial charge in [0.25, 0.3) is 5.91 Å². The van der Waals surface area contributed by atoms with Crippen LogP contribution in [0.15, 0.2) is 64.3 Å². The lowest BCUT2D eigenvalue weighted by Crippen LogP contribution is -2.31. The molecule has 1 aliphatic rings. The van der Waals surface area contributed by atoms with Crippen molar-refractivity contribution < 1.29 is 33.0 Å². The van der Waals surface area contributed by atoms with E-state index in [1.165, 1.54) is 44.7 Å². The van der Waals surface area contributed by atoms with E-state index in [0.717, 1.165) is 5.56 Å². The predicted octanol–water partition coefficient (Wildman–Crippen LogP) is 4.49. The second-order valence-electron chi connectivity index (χ2n) is 7.52. The maximum atomic E-state index is 13.1. The minimum absolute atomic E-state index is 0.140. The molecule has 182 valence electrons. The number of ether oxygens (including phenoxy) is 4. The fourth-order valence-electron chi connectivity index (χ4n) is 3.74.